The third-order valence-electron chi connectivity index (χ3n) is 2.91. The molecule has 1 atom stereocenters. The summed E-state index contributed by atoms with van der Waals surface area (Å²) in [5.74, 6) is -0.187. The first-order valence-electron chi connectivity index (χ1n) is 5.70. The molecule has 0 aliphatic rings. The van der Waals surface area contributed by atoms with Gasteiger partial charge in [0, 0.05) is 29.3 Å². The summed E-state index contributed by atoms with van der Waals surface area (Å²) < 4.78 is 16.3. The Morgan fingerprint density at radius 2 is 2.28 bits per heavy atom. The highest BCUT2D eigenvalue weighted by Gasteiger charge is 2.14. The number of nitrogens with zero attached hydrogens (tertiary/aromatic N) is 2. The molecule has 5 heteroatoms. The first-order chi connectivity index (χ1) is 8.60. The zero-order valence-corrected chi connectivity index (χ0v) is 11.9. The van der Waals surface area contributed by atoms with Crippen LogP contribution in [0.25, 0.3) is 0 Å². The second kappa shape index (κ2) is 5.63. The summed E-state index contributed by atoms with van der Waals surface area (Å²) in [5.41, 5.74) is 1.75. The summed E-state index contributed by atoms with van der Waals surface area (Å²) in [4.78, 5) is 0. The van der Waals surface area contributed by atoms with Crippen molar-refractivity contribution in [2.24, 2.45) is 7.05 Å². The lowest BCUT2D eigenvalue weighted by Gasteiger charge is -2.15. The van der Waals surface area contributed by atoms with E-state index in [1.807, 2.05) is 26.4 Å². The highest BCUT2D eigenvalue weighted by molar-refractivity contribution is 9.10. The molecule has 0 spiro atoms. The van der Waals surface area contributed by atoms with Crippen molar-refractivity contribution in [2.75, 3.05) is 7.05 Å². The fourth-order valence-corrected chi connectivity index (χ4v) is 2.25. The van der Waals surface area contributed by atoms with E-state index in [-0.39, 0.29) is 11.9 Å². The number of hydrogen-bond donors (Lipinski definition) is 1. The van der Waals surface area contributed by atoms with Gasteiger partial charge in [0.1, 0.15) is 5.82 Å². The van der Waals surface area contributed by atoms with E-state index in [4.69, 9.17) is 0 Å². The van der Waals surface area contributed by atoms with Crippen LogP contribution in [0.4, 0.5) is 4.39 Å². The van der Waals surface area contributed by atoms with Gasteiger partial charge in [-0.1, -0.05) is 22.0 Å². The maximum atomic E-state index is 13.8. The van der Waals surface area contributed by atoms with E-state index in [9.17, 15) is 4.39 Å². The van der Waals surface area contributed by atoms with E-state index in [1.165, 1.54) is 6.07 Å². The zero-order valence-electron chi connectivity index (χ0n) is 10.3. The molecule has 2 rings (SSSR count). The second-order valence-electron chi connectivity index (χ2n) is 4.23. The third-order valence-corrected chi connectivity index (χ3v) is 3.41. The minimum atomic E-state index is -0.187. The van der Waals surface area contributed by atoms with Gasteiger partial charge in [-0.15, -0.1) is 0 Å². The number of nitrogens with one attached hydrogen (secondary N) is 1. The van der Waals surface area contributed by atoms with Crippen molar-refractivity contribution >= 4 is 15.9 Å². The van der Waals surface area contributed by atoms with Gasteiger partial charge in [0.25, 0.3) is 0 Å². The predicted molar refractivity (Wildman–Crippen MR) is 72.8 cm³/mol. The Bertz CT molecular complexity index is 539. The summed E-state index contributed by atoms with van der Waals surface area (Å²) in [6, 6.07) is 5.22. The van der Waals surface area contributed by atoms with Crippen LogP contribution in [0.15, 0.2) is 35.1 Å². The van der Waals surface area contributed by atoms with Crippen LogP contribution >= 0.6 is 15.9 Å². The lowest BCUT2D eigenvalue weighted by molar-refractivity contribution is 0.553. The van der Waals surface area contributed by atoms with E-state index in [2.05, 4.69) is 26.3 Å². The van der Waals surface area contributed by atoms with Crippen LogP contribution in [0.2, 0.25) is 0 Å². The molecule has 0 amide bonds. The summed E-state index contributed by atoms with van der Waals surface area (Å²) in [6.45, 7) is 0. The lowest BCUT2D eigenvalue weighted by Crippen LogP contribution is -2.19. The summed E-state index contributed by atoms with van der Waals surface area (Å²) in [7, 11) is 3.74. The van der Waals surface area contributed by atoms with Crippen molar-refractivity contribution in [3.8, 4) is 0 Å². The fourth-order valence-electron chi connectivity index (χ4n) is 1.91. The molecule has 0 saturated carbocycles. The number of halogens is 2. The molecular weight excluding hydrogens is 297 g/mol. The number of hydrogen-bond acceptors (Lipinski definition) is 2. The Balaban J connectivity index is 2.20. The molecule has 0 radical (unpaired) electrons. The van der Waals surface area contributed by atoms with Crippen molar-refractivity contribution < 1.29 is 4.39 Å². The van der Waals surface area contributed by atoms with Crippen molar-refractivity contribution in [2.45, 2.75) is 12.5 Å². The molecule has 0 saturated heterocycles. The summed E-state index contributed by atoms with van der Waals surface area (Å²) in [6.07, 6.45) is 4.34. The van der Waals surface area contributed by atoms with Crippen LogP contribution in [0.5, 0.6) is 0 Å². The number of aromatic nitrogens is 2. The standard InChI is InChI=1S/C13H15BrFN3/c1-16-13(10-7-17-18(2)8-10)5-9-3-4-11(14)6-12(9)15/h3-4,6-8,13,16H,5H2,1-2H3. The molecule has 0 aliphatic heterocycles. The molecule has 96 valence electrons. The Morgan fingerprint density at radius 1 is 1.50 bits per heavy atom. The number of likely N-dealkylation sites (N-methyl/N-ethyl adjacent to an activating group) is 1. The highest BCUT2D eigenvalue weighted by atomic mass is 79.9. The van der Waals surface area contributed by atoms with Gasteiger partial charge < -0.3 is 5.32 Å². The quantitative estimate of drug-likeness (QED) is 0.941. The maximum Gasteiger partial charge on any atom is 0.127 e. The summed E-state index contributed by atoms with van der Waals surface area (Å²) >= 11 is 3.26. The Kier molecular flexibility index (Phi) is 4.14. The van der Waals surface area contributed by atoms with Crippen molar-refractivity contribution in [3.05, 3.63) is 52.0 Å². The Morgan fingerprint density at radius 3 is 2.83 bits per heavy atom. The maximum absolute atomic E-state index is 13.8. The lowest BCUT2D eigenvalue weighted by atomic mass is 10.0. The van der Waals surface area contributed by atoms with E-state index in [0.717, 1.165) is 10.0 Å². The average Bonchev–Trinajstić information content (AvgIpc) is 2.75. The largest absolute Gasteiger partial charge is 0.313 e. The van der Waals surface area contributed by atoms with Gasteiger partial charge in [-0.3, -0.25) is 4.68 Å². The van der Waals surface area contributed by atoms with Crippen LogP contribution in [0.3, 0.4) is 0 Å². The minimum absolute atomic E-state index is 0.0642. The molecule has 3 nitrogen and oxygen atoms in total. The molecule has 1 aromatic carbocycles. The first kappa shape index (κ1) is 13.2. The van der Waals surface area contributed by atoms with Gasteiger partial charge in [0.15, 0.2) is 0 Å². The van der Waals surface area contributed by atoms with Gasteiger partial charge in [0.2, 0.25) is 0 Å². The van der Waals surface area contributed by atoms with Crippen LogP contribution in [0.1, 0.15) is 17.2 Å². The minimum Gasteiger partial charge on any atom is -0.313 e. The third kappa shape index (κ3) is 2.97. The smallest absolute Gasteiger partial charge is 0.127 e. The Hall–Kier alpha value is -1.20. The molecule has 0 bridgehead atoms. The van der Waals surface area contributed by atoms with Crippen molar-refractivity contribution in [1.29, 1.82) is 0 Å². The molecule has 1 unspecified atom stereocenters. The van der Waals surface area contributed by atoms with Crippen LogP contribution in [0, 0.1) is 5.82 Å². The van der Waals surface area contributed by atoms with E-state index in [1.54, 1.807) is 16.9 Å². The predicted octanol–water partition coefficient (Wildman–Crippen LogP) is 2.82. The van der Waals surface area contributed by atoms with Gasteiger partial charge in [-0.2, -0.15) is 5.10 Å². The van der Waals surface area contributed by atoms with E-state index < -0.39 is 0 Å². The first-order valence-corrected chi connectivity index (χ1v) is 6.49. The zero-order chi connectivity index (χ0) is 13.1. The monoisotopic (exact) mass is 311 g/mol. The van der Waals surface area contributed by atoms with Crippen molar-refractivity contribution in [3.63, 3.8) is 0 Å². The SMILES string of the molecule is CNC(Cc1ccc(Br)cc1F)c1cnn(C)c1. The number of benzene rings is 1. The van der Waals surface area contributed by atoms with Gasteiger partial charge in [-0.05, 0) is 31.2 Å². The summed E-state index contributed by atoms with van der Waals surface area (Å²) in [5, 5.41) is 7.33. The molecule has 1 N–H and O–H groups in total. The van der Waals surface area contributed by atoms with Crippen LogP contribution in [-0.2, 0) is 13.5 Å². The van der Waals surface area contributed by atoms with Crippen LogP contribution < -0.4 is 5.32 Å². The number of aryl methyl sites for hydroxylation is 1. The van der Waals surface area contributed by atoms with Gasteiger partial charge >= 0.3 is 0 Å². The molecule has 1 heterocycles. The normalized spacial score (nSPS) is 12.7. The van der Waals surface area contributed by atoms with E-state index in [0.29, 0.717) is 12.0 Å². The molecule has 0 aliphatic carbocycles. The topological polar surface area (TPSA) is 29.9 Å². The highest BCUT2D eigenvalue weighted by Crippen LogP contribution is 2.21. The Labute approximate surface area is 114 Å². The molecule has 1 aromatic heterocycles. The molecular formula is C13H15BrFN3. The fraction of sp³-hybridized carbons (Fsp3) is 0.308. The van der Waals surface area contributed by atoms with Gasteiger partial charge in [-0.25, -0.2) is 4.39 Å². The molecule has 18 heavy (non-hydrogen) atoms. The van der Waals surface area contributed by atoms with Crippen LogP contribution in [-0.4, -0.2) is 16.8 Å². The molecule has 0 fully saturated rings. The van der Waals surface area contributed by atoms with E-state index >= 15 is 0 Å². The number of rotatable bonds is 4. The molecule has 2 aromatic rings. The second-order valence-corrected chi connectivity index (χ2v) is 5.14. The average molecular weight is 312 g/mol. The van der Waals surface area contributed by atoms with Gasteiger partial charge in [0.05, 0.1) is 6.20 Å². The van der Waals surface area contributed by atoms with Crippen molar-refractivity contribution in [1.82, 2.24) is 15.1 Å².